The number of amides is 1. The first kappa shape index (κ1) is 22.9. The molecule has 0 atom stereocenters. The lowest BCUT2D eigenvalue weighted by Gasteiger charge is -2.31. The van der Waals surface area contributed by atoms with E-state index in [1.54, 1.807) is 12.2 Å². The smallest absolute Gasteiger partial charge is 0.244 e. The number of phenols is 1. The molecule has 4 rings (SSSR count). The number of hydrogen-bond acceptors (Lipinski definition) is 3. The molecule has 1 saturated heterocycles. The molecule has 0 saturated carbocycles. The number of aryl methyl sites for hydroxylation is 2. The van der Waals surface area contributed by atoms with Crippen LogP contribution in [0.4, 0.5) is 0 Å². The summed E-state index contributed by atoms with van der Waals surface area (Å²) in [6, 6.07) is 12.4. The average Bonchev–Trinajstić information content (AvgIpc) is 3.25. The van der Waals surface area contributed by atoms with Crippen LogP contribution in [-0.2, 0) is 4.79 Å². The minimum absolute atomic E-state index is 0.0774. The second-order valence-electron chi connectivity index (χ2n) is 8.92. The van der Waals surface area contributed by atoms with Gasteiger partial charge in [0.25, 0.3) is 0 Å². The number of para-hydroxylation sites is 1. The van der Waals surface area contributed by atoms with E-state index in [9.17, 15) is 9.90 Å². The molecule has 1 aliphatic rings. The molecule has 33 heavy (non-hydrogen) atoms. The number of fused-ring (bicyclic) bond motifs is 1. The van der Waals surface area contributed by atoms with Gasteiger partial charge in [0.15, 0.2) is 0 Å². The predicted octanol–water partition coefficient (Wildman–Crippen LogP) is 5.06. The summed E-state index contributed by atoms with van der Waals surface area (Å²) in [5.74, 6) is 0.860. The van der Waals surface area contributed by atoms with Gasteiger partial charge in [-0.25, -0.2) is 0 Å². The molecule has 1 fully saturated rings. The number of aromatic amines is 1. The standard InChI is InChI=1S/C28H33N3O2/c1-20-17-22(18-21(2)28(20)33)7-3-6-10-27(32)29-13-16-31-14-11-23(12-15-31)25-19-30-26-9-5-4-8-24(25)26/h3-10,17-19,23,30,33H,11-16H2,1-2H3,(H,29,32). The number of H-pyrrole nitrogens is 1. The SMILES string of the molecule is Cc1cc(C=CC=CC(=O)NCCN2CCC(c3c[nH]c4ccccc34)CC2)cc(C)c1O. The fraction of sp³-hybridized carbons (Fsp3) is 0.321. The van der Waals surface area contributed by atoms with Gasteiger partial charge in [-0.2, -0.15) is 0 Å². The maximum absolute atomic E-state index is 12.1. The molecule has 3 N–H and O–H groups in total. The van der Waals surface area contributed by atoms with Crippen molar-refractivity contribution in [3.05, 3.63) is 83.1 Å². The number of benzene rings is 2. The summed E-state index contributed by atoms with van der Waals surface area (Å²) in [5, 5.41) is 14.2. The van der Waals surface area contributed by atoms with Crippen molar-refractivity contribution in [3.8, 4) is 5.75 Å². The van der Waals surface area contributed by atoms with Gasteiger partial charge in [-0.05, 0) is 86.1 Å². The summed E-state index contributed by atoms with van der Waals surface area (Å²) in [7, 11) is 0. The number of nitrogens with zero attached hydrogens (tertiary/aromatic N) is 1. The van der Waals surface area contributed by atoms with Crippen molar-refractivity contribution in [2.75, 3.05) is 26.2 Å². The third kappa shape index (κ3) is 5.74. The highest BCUT2D eigenvalue weighted by molar-refractivity contribution is 5.87. The monoisotopic (exact) mass is 443 g/mol. The van der Waals surface area contributed by atoms with Crippen molar-refractivity contribution in [3.63, 3.8) is 0 Å². The number of allylic oxidation sites excluding steroid dienone is 2. The van der Waals surface area contributed by atoms with Crippen molar-refractivity contribution in [2.24, 2.45) is 0 Å². The third-order valence-electron chi connectivity index (χ3n) is 6.54. The summed E-state index contributed by atoms with van der Waals surface area (Å²) in [6.45, 7) is 7.42. The van der Waals surface area contributed by atoms with Crippen molar-refractivity contribution in [2.45, 2.75) is 32.6 Å². The third-order valence-corrected chi connectivity index (χ3v) is 6.54. The van der Waals surface area contributed by atoms with E-state index in [1.807, 2.05) is 38.1 Å². The van der Waals surface area contributed by atoms with Gasteiger partial charge in [0.05, 0.1) is 0 Å². The van der Waals surface area contributed by atoms with Gasteiger partial charge in [0.2, 0.25) is 5.91 Å². The van der Waals surface area contributed by atoms with Crippen LogP contribution in [0.5, 0.6) is 5.75 Å². The lowest BCUT2D eigenvalue weighted by molar-refractivity contribution is -0.116. The molecular weight excluding hydrogens is 410 g/mol. The van der Waals surface area contributed by atoms with Gasteiger partial charge in [0.1, 0.15) is 5.75 Å². The van der Waals surface area contributed by atoms with E-state index in [4.69, 9.17) is 0 Å². The van der Waals surface area contributed by atoms with Crippen LogP contribution < -0.4 is 5.32 Å². The van der Waals surface area contributed by atoms with Gasteiger partial charge < -0.3 is 20.3 Å². The average molecular weight is 444 g/mol. The van der Waals surface area contributed by atoms with Crippen molar-refractivity contribution >= 4 is 22.9 Å². The van der Waals surface area contributed by atoms with Gasteiger partial charge in [-0.1, -0.05) is 36.4 Å². The summed E-state index contributed by atoms with van der Waals surface area (Å²) in [4.78, 5) is 17.9. The normalized spacial score (nSPS) is 15.7. The molecule has 2 heterocycles. The summed E-state index contributed by atoms with van der Waals surface area (Å²) < 4.78 is 0. The number of piperidine rings is 1. The fourth-order valence-corrected chi connectivity index (χ4v) is 4.69. The van der Waals surface area contributed by atoms with Crippen LogP contribution in [0.2, 0.25) is 0 Å². The van der Waals surface area contributed by atoms with Crippen molar-refractivity contribution in [1.29, 1.82) is 0 Å². The van der Waals surface area contributed by atoms with Crippen LogP contribution in [0.1, 0.15) is 41.0 Å². The molecule has 5 heteroatoms. The predicted molar refractivity (Wildman–Crippen MR) is 135 cm³/mol. The first-order chi connectivity index (χ1) is 16.0. The number of nitrogens with one attached hydrogen (secondary N) is 2. The molecule has 0 unspecified atom stereocenters. The number of aromatic nitrogens is 1. The molecule has 3 aromatic rings. The second kappa shape index (κ2) is 10.5. The summed E-state index contributed by atoms with van der Waals surface area (Å²) >= 11 is 0. The Labute approximate surface area is 195 Å². The zero-order valence-corrected chi connectivity index (χ0v) is 19.5. The van der Waals surface area contributed by atoms with Gasteiger partial charge in [-0.15, -0.1) is 0 Å². The van der Waals surface area contributed by atoms with Crippen molar-refractivity contribution in [1.82, 2.24) is 15.2 Å². The molecule has 0 aliphatic carbocycles. The first-order valence-corrected chi connectivity index (χ1v) is 11.7. The van der Waals surface area contributed by atoms with E-state index in [2.05, 4.69) is 45.7 Å². The zero-order chi connectivity index (χ0) is 23.2. The summed E-state index contributed by atoms with van der Waals surface area (Å²) in [6.07, 6.45) is 11.6. The molecule has 1 aliphatic heterocycles. The minimum Gasteiger partial charge on any atom is -0.507 e. The molecular formula is C28H33N3O2. The Kier molecular flexibility index (Phi) is 7.30. The number of carbonyl (C=O) groups is 1. The van der Waals surface area contributed by atoms with Crippen LogP contribution in [0.15, 0.2) is 60.8 Å². The quantitative estimate of drug-likeness (QED) is 0.353. The Hall–Kier alpha value is -3.31. The number of phenolic OH excluding ortho intramolecular Hbond substituents is 1. The molecule has 172 valence electrons. The van der Waals surface area contributed by atoms with E-state index < -0.39 is 0 Å². The molecule has 0 bridgehead atoms. The molecule has 0 radical (unpaired) electrons. The van der Waals surface area contributed by atoms with E-state index in [0.29, 0.717) is 18.2 Å². The maximum Gasteiger partial charge on any atom is 0.244 e. The van der Waals surface area contributed by atoms with Crippen LogP contribution in [-0.4, -0.2) is 47.1 Å². The topological polar surface area (TPSA) is 68.4 Å². The second-order valence-corrected chi connectivity index (χ2v) is 8.92. The van der Waals surface area contributed by atoms with E-state index >= 15 is 0 Å². The van der Waals surface area contributed by atoms with Crippen LogP contribution >= 0.6 is 0 Å². The number of likely N-dealkylation sites (tertiary alicyclic amines) is 1. The van der Waals surface area contributed by atoms with E-state index in [1.165, 1.54) is 16.5 Å². The molecule has 1 aromatic heterocycles. The van der Waals surface area contributed by atoms with E-state index in [0.717, 1.165) is 49.2 Å². The molecule has 2 aromatic carbocycles. The highest BCUT2D eigenvalue weighted by atomic mass is 16.3. The largest absolute Gasteiger partial charge is 0.507 e. The van der Waals surface area contributed by atoms with Crippen LogP contribution in [0.3, 0.4) is 0 Å². The van der Waals surface area contributed by atoms with Crippen LogP contribution in [0, 0.1) is 13.8 Å². The molecule has 1 amide bonds. The lowest BCUT2D eigenvalue weighted by atomic mass is 9.89. The van der Waals surface area contributed by atoms with Crippen LogP contribution in [0.25, 0.3) is 17.0 Å². The summed E-state index contributed by atoms with van der Waals surface area (Å²) in [5.41, 5.74) is 5.36. The number of hydrogen-bond donors (Lipinski definition) is 3. The van der Waals surface area contributed by atoms with Gasteiger partial charge in [0, 0.05) is 36.3 Å². The number of aromatic hydroxyl groups is 1. The molecule has 0 spiro atoms. The Bertz CT molecular complexity index is 1140. The Morgan fingerprint density at radius 3 is 2.64 bits per heavy atom. The van der Waals surface area contributed by atoms with E-state index in [-0.39, 0.29) is 5.91 Å². The molecule has 5 nitrogen and oxygen atoms in total. The fourth-order valence-electron chi connectivity index (χ4n) is 4.69. The van der Waals surface area contributed by atoms with Crippen molar-refractivity contribution < 1.29 is 9.90 Å². The first-order valence-electron chi connectivity index (χ1n) is 11.7. The van der Waals surface area contributed by atoms with Gasteiger partial charge in [-0.3, -0.25) is 4.79 Å². The van der Waals surface area contributed by atoms with Gasteiger partial charge >= 0.3 is 0 Å². The number of rotatable bonds is 7. The Balaban J connectivity index is 1.17. The Morgan fingerprint density at radius 1 is 1.15 bits per heavy atom. The minimum atomic E-state index is -0.0774. The highest BCUT2D eigenvalue weighted by Crippen LogP contribution is 2.32. The highest BCUT2D eigenvalue weighted by Gasteiger charge is 2.22. The zero-order valence-electron chi connectivity index (χ0n) is 19.5. The number of carbonyl (C=O) groups excluding carboxylic acids is 1. The maximum atomic E-state index is 12.1. The lowest BCUT2D eigenvalue weighted by Crippen LogP contribution is -2.38. The Morgan fingerprint density at radius 2 is 1.88 bits per heavy atom.